The first-order valence-electron chi connectivity index (χ1n) is 6.18. The zero-order chi connectivity index (χ0) is 14.5. The minimum atomic E-state index is 0.683. The Kier molecular flexibility index (Phi) is 5.05. The summed E-state index contributed by atoms with van der Waals surface area (Å²) in [6, 6.07) is 15.7. The third-order valence-corrected chi connectivity index (χ3v) is 3.92. The average Bonchev–Trinajstić information content (AvgIpc) is 2.47. The molecule has 0 N–H and O–H groups in total. The van der Waals surface area contributed by atoms with Gasteiger partial charge in [0.2, 0.25) is 0 Å². The topological polar surface area (TPSA) is 27.0 Å². The number of nitrogens with zero attached hydrogens (tertiary/aromatic N) is 2. The predicted molar refractivity (Wildman–Crippen MR) is 87.3 cm³/mol. The van der Waals surface area contributed by atoms with Crippen molar-refractivity contribution in [1.82, 2.24) is 0 Å². The number of nitriles is 1. The smallest absolute Gasteiger partial charge is 0.0991 e. The van der Waals surface area contributed by atoms with E-state index in [-0.39, 0.29) is 0 Å². The van der Waals surface area contributed by atoms with E-state index in [1.54, 1.807) is 0 Å². The van der Waals surface area contributed by atoms with E-state index in [2.05, 4.69) is 26.9 Å². The number of hydrogen-bond acceptors (Lipinski definition) is 2. The van der Waals surface area contributed by atoms with Gasteiger partial charge in [-0.3, -0.25) is 0 Å². The van der Waals surface area contributed by atoms with Crippen molar-refractivity contribution >= 4 is 33.2 Å². The van der Waals surface area contributed by atoms with Crippen LogP contribution < -0.4 is 4.90 Å². The molecule has 0 radical (unpaired) electrons. The number of halogens is 2. The molecule has 0 aliphatic rings. The highest BCUT2D eigenvalue weighted by atomic mass is 79.9. The van der Waals surface area contributed by atoms with E-state index in [4.69, 9.17) is 16.9 Å². The minimum Gasteiger partial charge on any atom is -0.370 e. The highest BCUT2D eigenvalue weighted by Gasteiger charge is 2.08. The molecule has 2 aromatic rings. The predicted octanol–water partition coefficient (Wildman–Crippen LogP) is 4.74. The maximum Gasteiger partial charge on any atom is 0.0991 e. The van der Waals surface area contributed by atoms with Gasteiger partial charge in [0.1, 0.15) is 0 Å². The van der Waals surface area contributed by atoms with Crippen LogP contribution in [0.25, 0.3) is 0 Å². The molecule has 0 fully saturated rings. The summed E-state index contributed by atoms with van der Waals surface area (Å²) in [6.07, 6.45) is 0. The minimum absolute atomic E-state index is 0.683. The summed E-state index contributed by atoms with van der Waals surface area (Å²) in [5, 5.41) is 10.4. The van der Waals surface area contributed by atoms with Gasteiger partial charge in [0.05, 0.1) is 11.6 Å². The van der Waals surface area contributed by atoms with Gasteiger partial charge in [-0.25, -0.2) is 0 Å². The fourth-order valence-corrected chi connectivity index (χ4v) is 2.74. The van der Waals surface area contributed by atoms with Crippen LogP contribution in [0.15, 0.2) is 42.5 Å². The van der Waals surface area contributed by atoms with E-state index in [9.17, 15) is 0 Å². The number of benzene rings is 2. The number of rotatable bonds is 4. The molecule has 2 rings (SSSR count). The van der Waals surface area contributed by atoms with Gasteiger partial charge < -0.3 is 4.90 Å². The van der Waals surface area contributed by atoms with Gasteiger partial charge in [0, 0.05) is 29.6 Å². The van der Waals surface area contributed by atoms with Crippen LogP contribution in [0.1, 0.15) is 16.7 Å². The van der Waals surface area contributed by atoms with Gasteiger partial charge >= 0.3 is 0 Å². The van der Waals surface area contributed by atoms with Gasteiger partial charge in [-0.2, -0.15) is 5.26 Å². The molecule has 0 aliphatic heterocycles. The maximum atomic E-state index is 8.94. The Hall–Kier alpha value is -1.50. The molecule has 0 aliphatic carbocycles. The summed E-state index contributed by atoms with van der Waals surface area (Å²) in [5.41, 5.74) is 4.07. The zero-order valence-corrected chi connectivity index (χ0v) is 13.4. The molecular weight excluding hydrogens is 336 g/mol. The molecule has 0 unspecified atom stereocenters. The number of alkyl halides is 1. The molecule has 2 nitrogen and oxygen atoms in total. The van der Waals surface area contributed by atoms with Gasteiger partial charge in [0.25, 0.3) is 0 Å². The van der Waals surface area contributed by atoms with E-state index >= 15 is 0 Å². The van der Waals surface area contributed by atoms with Gasteiger partial charge in [-0.1, -0.05) is 45.7 Å². The molecule has 0 saturated carbocycles. The Morgan fingerprint density at radius 3 is 2.75 bits per heavy atom. The fourth-order valence-electron chi connectivity index (χ4n) is 2.10. The second-order valence-electron chi connectivity index (χ2n) is 4.57. The highest BCUT2D eigenvalue weighted by Crippen LogP contribution is 2.27. The first-order chi connectivity index (χ1) is 9.63. The summed E-state index contributed by atoms with van der Waals surface area (Å²) >= 11 is 9.58. The second-order valence-corrected chi connectivity index (χ2v) is 5.57. The fraction of sp³-hybridized carbons (Fsp3) is 0.188. The average molecular weight is 350 g/mol. The van der Waals surface area contributed by atoms with E-state index in [1.165, 1.54) is 5.56 Å². The van der Waals surface area contributed by atoms with Crippen molar-refractivity contribution in [2.45, 2.75) is 11.9 Å². The van der Waals surface area contributed by atoms with Gasteiger partial charge in [-0.15, -0.1) is 0 Å². The Morgan fingerprint density at radius 2 is 2.05 bits per heavy atom. The Morgan fingerprint density at radius 1 is 1.25 bits per heavy atom. The lowest BCUT2D eigenvalue weighted by Gasteiger charge is -2.22. The van der Waals surface area contributed by atoms with Crippen LogP contribution in [-0.4, -0.2) is 7.05 Å². The molecule has 0 amide bonds. The van der Waals surface area contributed by atoms with Crippen LogP contribution in [0, 0.1) is 11.3 Å². The van der Waals surface area contributed by atoms with Crippen LogP contribution >= 0.6 is 27.5 Å². The molecule has 0 bridgehead atoms. The van der Waals surface area contributed by atoms with Crippen LogP contribution in [0.2, 0.25) is 5.02 Å². The lowest BCUT2D eigenvalue weighted by atomic mass is 10.1. The first-order valence-corrected chi connectivity index (χ1v) is 7.68. The first kappa shape index (κ1) is 14.9. The number of hydrogen-bond donors (Lipinski definition) is 0. The standard InChI is InChI=1S/C16H14BrClN2/c1-20(11-13-4-2-3-12(7-13)10-19)16-8-15(18)6-5-14(16)9-17/h2-8H,9,11H2,1H3. The van der Waals surface area contributed by atoms with Gasteiger partial charge in [-0.05, 0) is 35.4 Å². The lowest BCUT2D eigenvalue weighted by molar-refractivity contribution is 0.916. The van der Waals surface area contributed by atoms with E-state index in [1.807, 2.05) is 49.5 Å². The summed E-state index contributed by atoms with van der Waals surface area (Å²) in [6.45, 7) is 0.732. The second kappa shape index (κ2) is 6.78. The summed E-state index contributed by atoms with van der Waals surface area (Å²) in [4.78, 5) is 2.14. The third kappa shape index (κ3) is 3.53. The maximum absolute atomic E-state index is 8.94. The van der Waals surface area contributed by atoms with Crippen molar-refractivity contribution in [2.24, 2.45) is 0 Å². The molecule has 0 saturated heterocycles. The molecule has 0 spiro atoms. The highest BCUT2D eigenvalue weighted by molar-refractivity contribution is 9.08. The van der Waals surface area contributed by atoms with Crippen LogP contribution in [0.4, 0.5) is 5.69 Å². The molecule has 0 aromatic heterocycles. The van der Waals surface area contributed by atoms with Crippen molar-refractivity contribution in [3.63, 3.8) is 0 Å². The zero-order valence-electron chi connectivity index (χ0n) is 11.1. The van der Waals surface area contributed by atoms with Crippen LogP contribution in [0.3, 0.4) is 0 Å². The molecule has 2 aromatic carbocycles. The monoisotopic (exact) mass is 348 g/mol. The molecule has 4 heteroatoms. The third-order valence-electron chi connectivity index (χ3n) is 3.08. The summed E-state index contributed by atoms with van der Waals surface area (Å²) in [5.74, 6) is 0. The van der Waals surface area contributed by atoms with Crippen LogP contribution in [-0.2, 0) is 11.9 Å². The molecule has 102 valence electrons. The molecular formula is C16H14BrClN2. The quantitative estimate of drug-likeness (QED) is 0.745. The van der Waals surface area contributed by atoms with Crippen molar-refractivity contribution < 1.29 is 0 Å². The SMILES string of the molecule is CN(Cc1cccc(C#N)c1)c1cc(Cl)ccc1CBr. The van der Waals surface area contributed by atoms with Crippen molar-refractivity contribution in [1.29, 1.82) is 5.26 Å². The van der Waals surface area contributed by atoms with Crippen LogP contribution in [0.5, 0.6) is 0 Å². The Bertz CT molecular complexity index is 649. The number of anilines is 1. The van der Waals surface area contributed by atoms with Gasteiger partial charge in [0.15, 0.2) is 0 Å². The summed E-state index contributed by atoms with van der Waals surface area (Å²) in [7, 11) is 2.02. The van der Waals surface area contributed by atoms with Crippen molar-refractivity contribution in [2.75, 3.05) is 11.9 Å². The van der Waals surface area contributed by atoms with Crippen molar-refractivity contribution in [3.8, 4) is 6.07 Å². The normalized spacial score (nSPS) is 10.1. The molecule has 20 heavy (non-hydrogen) atoms. The van der Waals surface area contributed by atoms with E-state index < -0.39 is 0 Å². The molecule has 0 heterocycles. The molecule has 0 atom stereocenters. The van der Waals surface area contributed by atoms with E-state index in [0.717, 1.165) is 28.1 Å². The Balaban J connectivity index is 2.25. The summed E-state index contributed by atoms with van der Waals surface area (Å²) < 4.78 is 0. The largest absolute Gasteiger partial charge is 0.370 e. The van der Waals surface area contributed by atoms with E-state index in [0.29, 0.717) is 5.56 Å². The lowest BCUT2D eigenvalue weighted by Crippen LogP contribution is -2.17. The Labute approximate surface area is 132 Å². The van der Waals surface area contributed by atoms with Crippen molar-refractivity contribution in [3.05, 3.63) is 64.2 Å².